The molecule has 1 amide bonds. The molecule has 0 aliphatic carbocycles. The lowest BCUT2D eigenvalue weighted by atomic mass is 9.74. The van der Waals surface area contributed by atoms with Gasteiger partial charge in [0.25, 0.3) is 0 Å². The lowest BCUT2D eigenvalue weighted by Gasteiger charge is -2.36. The van der Waals surface area contributed by atoms with Crippen LogP contribution in [-0.4, -0.2) is 36.8 Å². The van der Waals surface area contributed by atoms with Crippen molar-refractivity contribution in [2.24, 2.45) is 11.3 Å². The Hall–Kier alpha value is -0.610. The minimum absolute atomic E-state index is 0.0614. The van der Waals surface area contributed by atoms with Crippen molar-refractivity contribution in [3.05, 3.63) is 0 Å². The van der Waals surface area contributed by atoms with Crippen molar-refractivity contribution in [3.8, 4) is 0 Å². The summed E-state index contributed by atoms with van der Waals surface area (Å²) < 4.78 is 0. The summed E-state index contributed by atoms with van der Waals surface area (Å²) >= 11 is 0. The van der Waals surface area contributed by atoms with E-state index in [1.807, 2.05) is 20.8 Å². The van der Waals surface area contributed by atoms with E-state index in [0.717, 1.165) is 38.8 Å². The van der Waals surface area contributed by atoms with E-state index in [1.54, 1.807) is 0 Å². The van der Waals surface area contributed by atoms with Gasteiger partial charge in [0.1, 0.15) is 0 Å². The SMILES string of the molecule is CCCC(O)CNC(=O)C(C)(C)C1CCCNC1. The maximum atomic E-state index is 12.2. The molecule has 1 saturated heterocycles. The monoisotopic (exact) mass is 256 g/mol. The average molecular weight is 256 g/mol. The number of rotatable bonds is 6. The van der Waals surface area contributed by atoms with Crippen LogP contribution in [0.1, 0.15) is 46.5 Å². The van der Waals surface area contributed by atoms with Gasteiger partial charge in [0, 0.05) is 12.0 Å². The maximum Gasteiger partial charge on any atom is 0.226 e. The third-order valence-corrected chi connectivity index (χ3v) is 4.02. The number of piperidine rings is 1. The van der Waals surface area contributed by atoms with Gasteiger partial charge in [0.2, 0.25) is 5.91 Å². The number of hydrogen-bond acceptors (Lipinski definition) is 3. The lowest BCUT2D eigenvalue weighted by molar-refractivity contribution is -0.133. The van der Waals surface area contributed by atoms with E-state index >= 15 is 0 Å². The zero-order valence-electron chi connectivity index (χ0n) is 12.0. The van der Waals surface area contributed by atoms with Crippen LogP contribution in [0.15, 0.2) is 0 Å². The number of amides is 1. The number of carbonyl (C=O) groups is 1. The van der Waals surface area contributed by atoms with Gasteiger partial charge in [-0.05, 0) is 38.3 Å². The highest BCUT2D eigenvalue weighted by Gasteiger charge is 2.37. The minimum atomic E-state index is -0.417. The van der Waals surface area contributed by atoms with Gasteiger partial charge in [-0.2, -0.15) is 0 Å². The minimum Gasteiger partial charge on any atom is -0.391 e. The molecule has 1 heterocycles. The Kier molecular flexibility index (Phi) is 6.09. The summed E-state index contributed by atoms with van der Waals surface area (Å²) in [6.45, 7) is 8.39. The summed E-state index contributed by atoms with van der Waals surface area (Å²) in [5, 5.41) is 15.9. The smallest absolute Gasteiger partial charge is 0.226 e. The third kappa shape index (κ3) is 4.25. The predicted molar refractivity (Wildman–Crippen MR) is 73.3 cm³/mol. The topological polar surface area (TPSA) is 61.4 Å². The molecular weight excluding hydrogens is 228 g/mol. The van der Waals surface area contributed by atoms with Crippen LogP contribution in [0.4, 0.5) is 0 Å². The van der Waals surface area contributed by atoms with Gasteiger partial charge < -0.3 is 15.7 Å². The standard InChI is InChI=1S/C14H28N2O2/c1-4-6-12(17)10-16-13(18)14(2,3)11-7-5-8-15-9-11/h11-12,15,17H,4-10H2,1-3H3,(H,16,18). The summed E-state index contributed by atoms with van der Waals surface area (Å²) in [6, 6.07) is 0. The molecule has 0 bridgehead atoms. The zero-order valence-corrected chi connectivity index (χ0v) is 12.0. The molecule has 3 N–H and O–H groups in total. The Labute approximate surface area is 111 Å². The van der Waals surface area contributed by atoms with Crippen LogP contribution < -0.4 is 10.6 Å². The number of aliphatic hydroxyl groups excluding tert-OH is 1. The van der Waals surface area contributed by atoms with Crippen molar-refractivity contribution in [2.45, 2.75) is 52.6 Å². The zero-order chi connectivity index (χ0) is 13.6. The molecule has 2 atom stereocenters. The number of nitrogens with one attached hydrogen (secondary N) is 2. The highest BCUT2D eigenvalue weighted by Crippen LogP contribution is 2.31. The van der Waals surface area contributed by atoms with E-state index in [9.17, 15) is 9.90 Å². The fourth-order valence-corrected chi connectivity index (χ4v) is 2.53. The first kappa shape index (κ1) is 15.4. The number of aliphatic hydroxyl groups is 1. The molecule has 18 heavy (non-hydrogen) atoms. The van der Waals surface area contributed by atoms with Crippen molar-refractivity contribution in [1.82, 2.24) is 10.6 Å². The van der Waals surface area contributed by atoms with Crippen molar-refractivity contribution in [3.63, 3.8) is 0 Å². The second-order valence-corrected chi connectivity index (χ2v) is 5.92. The number of hydrogen-bond donors (Lipinski definition) is 3. The summed E-state index contributed by atoms with van der Waals surface area (Å²) in [4.78, 5) is 12.2. The van der Waals surface area contributed by atoms with E-state index in [0.29, 0.717) is 12.5 Å². The van der Waals surface area contributed by atoms with Crippen LogP contribution in [0.2, 0.25) is 0 Å². The first-order valence-electron chi connectivity index (χ1n) is 7.15. The Morgan fingerprint density at radius 1 is 1.56 bits per heavy atom. The van der Waals surface area contributed by atoms with Gasteiger partial charge in [-0.3, -0.25) is 4.79 Å². The van der Waals surface area contributed by atoms with Crippen LogP contribution in [0.5, 0.6) is 0 Å². The second kappa shape index (κ2) is 7.10. The first-order chi connectivity index (χ1) is 8.48. The Morgan fingerprint density at radius 2 is 2.28 bits per heavy atom. The molecule has 1 aliphatic heterocycles. The van der Waals surface area contributed by atoms with E-state index < -0.39 is 6.10 Å². The fraction of sp³-hybridized carbons (Fsp3) is 0.929. The van der Waals surface area contributed by atoms with Crippen molar-refractivity contribution in [2.75, 3.05) is 19.6 Å². The van der Waals surface area contributed by atoms with Crippen LogP contribution in [-0.2, 0) is 4.79 Å². The molecule has 0 spiro atoms. The van der Waals surface area contributed by atoms with Crippen molar-refractivity contribution >= 4 is 5.91 Å². The molecule has 1 fully saturated rings. The summed E-state index contributed by atoms with van der Waals surface area (Å²) in [7, 11) is 0. The Bertz CT molecular complexity index is 261. The summed E-state index contributed by atoms with van der Waals surface area (Å²) in [5.41, 5.74) is -0.362. The van der Waals surface area contributed by atoms with Crippen molar-refractivity contribution in [1.29, 1.82) is 0 Å². The third-order valence-electron chi connectivity index (χ3n) is 4.02. The second-order valence-electron chi connectivity index (χ2n) is 5.92. The maximum absolute atomic E-state index is 12.2. The van der Waals surface area contributed by atoms with Crippen LogP contribution in [0.25, 0.3) is 0 Å². The highest BCUT2D eigenvalue weighted by molar-refractivity contribution is 5.82. The molecular formula is C14H28N2O2. The van der Waals surface area contributed by atoms with Crippen LogP contribution in [0.3, 0.4) is 0 Å². The molecule has 106 valence electrons. The summed E-state index contributed by atoms with van der Waals surface area (Å²) in [5.74, 6) is 0.445. The summed E-state index contributed by atoms with van der Waals surface area (Å²) in [6.07, 6.45) is 3.50. The molecule has 1 rings (SSSR count). The van der Waals surface area contributed by atoms with Crippen molar-refractivity contribution < 1.29 is 9.90 Å². The molecule has 1 aliphatic rings. The highest BCUT2D eigenvalue weighted by atomic mass is 16.3. The van der Waals surface area contributed by atoms with Crippen LogP contribution >= 0.6 is 0 Å². The molecule has 0 saturated carbocycles. The molecule has 2 unspecified atom stereocenters. The quantitative estimate of drug-likeness (QED) is 0.671. The molecule has 0 aromatic carbocycles. The van der Waals surface area contributed by atoms with Gasteiger partial charge >= 0.3 is 0 Å². The van der Waals surface area contributed by atoms with E-state index in [1.165, 1.54) is 0 Å². The van der Waals surface area contributed by atoms with Gasteiger partial charge in [0.05, 0.1) is 6.10 Å². The Balaban J connectivity index is 2.42. The average Bonchev–Trinajstić information content (AvgIpc) is 2.37. The molecule has 0 aromatic rings. The van der Waals surface area contributed by atoms with Gasteiger partial charge in [-0.1, -0.05) is 27.2 Å². The van der Waals surface area contributed by atoms with E-state index in [-0.39, 0.29) is 11.3 Å². The molecule has 4 nitrogen and oxygen atoms in total. The molecule has 4 heteroatoms. The molecule has 0 aromatic heterocycles. The van der Waals surface area contributed by atoms with E-state index in [2.05, 4.69) is 10.6 Å². The lowest BCUT2D eigenvalue weighted by Crippen LogP contribution is -2.48. The normalized spacial score (nSPS) is 22.6. The van der Waals surface area contributed by atoms with Crippen LogP contribution in [0, 0.1) is 11.3 Å². The number of carbonyl (C=O) groups excluding carboxylic acids is 1. The Morgan fingerprint density at radius 3 is 2.83 bits per heavy atom. The van der Waals surface area contributed by atoms with Gasteiger partial charge in [0.15, 0.2) is 0 Å². The van der Waals surface area contributed by atoms with E-state index in [4.69, 9.17) is 0 Å². The molecule has 0 radical (unpaired) electrons. The first-order valence-corrected chi connectivity index (χ1v) is 7.15. The van der Waals surface area contributed by atoms with Gasteiger partial charge in [-0.15, -0.1) is 0 Å². The van der Waals surface area contributed by atoms with Gasteiger partial charge in [-0.25, -0.2) is 0 Å². The largest absolute Gasteiger partial charge is 0.391 e. The predicted octanol–water partition coefficient (Wildman–Crippen LogP) is 1.29. The fourth-order valence-electron chi connectivity index (χ4n) is 2.53.